The maximum absolute atomic E-state index is 6.19. The predicted molar refractivity (Wildman–Crippen MR) is 63.3 cm³/mol. The van der Waals surface area contributed by atoms with Crippen LogP contribution in [0.25, 0.3) is 0 Å². The molecule has 4 heteroatoms. The van der Waals surface area contributed by atoms with E-state index in [0.717, 1.165) is 17.3 Å². The van der Waals surface area contributed by atoms with Crippen LogP contribution in [0.5, 0.6) is 0 Å². The van der Waals surface area contributed by atoms with Gasteiger partial charge in [0.15, 0.2) is 0 Å². The van der Waals surface area contributed by atoms with Gasteiger partial charge < -0.3 is 0 Å². The van der Waals surface area contributed by atoms with E-state index in [2.05, 4.69) is 9.97 Å². The number of hydrogen-bond acceptors (Lipinski definition) is 3. The first-order chi connectivity index (χ1) is 7.34. The number of halogens is 1. The van der Waals surface area contributed by atoms with Crippen molar-refractivity contribution in [3.63, 3.8) is 0 Å². The van der Waals surface area contributed by atoms with Crippen molar-refractivity contribution in [2.45, 2.75) is 43.1 Å². The molecule has 3 rings (SSSR count). The lowest BCUT2D eigenvalue weighted by Crippen LogP contribution is -2.04. The molecule has 80 valence electrons. The first-order valence-corrected chi connectivity index (χ1v) is 7.01. The summed E-state index contributed by atoms with van der Waals surface area (Å²) >= 11 is 8.07. The summed E-state index contributed by atoms with van der Waals surface area (Å²) in [5.41, 5.74) is 2.35. The van der Waals surface area contributed by atoms with E-state index in [4.69, 9.17) is 11.6 Å². The van der Waals surface area contributed by atoms with Gasteiger partial charge in [-0.1, -0.05) is 24.4 Å². The average Bonchev–Trinajstić information content (AvgIpc) is 2.88. The maximum Gasteiger partial charge on any atom is 0.137 e. The topological polar surface area (TPSA) is 25.8 Å². The molecular formula is C11H13ClN2S. The Bertz CT molecular complexity index is 388. The molecule has 1 aliphatic carbocycles. The summed E-state index contributed by atoms with van der Waals surface area (Å²) in [4.78, 5) is 9.15. The van der Waals surface area contributed by atoms with Gasteiger partial charge in [-0.05, 0) is 12.8 Å². The van der Waals surface area contributed by atoms with Crippen LogP contribution in [-0.2, 0) is 11.5 Å². The third-order valence-electron chi connectivity index (χ3n) is 3.27. The van der Waals surface area contributed by atoms with Crippen LogP contribution < -0.4 is 0 Å². The number of hydrogen-bond donors (Lipinski definition) is 0. The van der Waals surface area contributed by atoms with E-state index in [1.165, 1.54) is 36.9 Å². The molecule has 0 aromatic carbocycles. The number of nitrogens with zero attached hydrogens (tertiary/aromatic N) is 2. The van der Waals surface area contributed by atoms with Crippen molar-refractivity contribution < 1.29 is 0 Å². The summed E-state index contributed by atoms with van der Waals surface area (Å²) in [6.07, 6.45) is 5.11. The van der Waals surface area contributed by atoms with E-state index in [0.29, 0.717) is 11.1 Å². The van der Waals surface area contributed by atoms with Crippen molar-refractivity contribution in [2.75, 3.05) is 0 Å². The SMILES string of the molecule is Clc1nc(C2CCCC2)nc2c1CSC2. The van der Waals surface area contributed by atoms with Gasteiger partial charge in [0.05, 0.1) is 5.69 Å². The molecule has 2 nitrogen and oxygen atoms in total. The predicted octanol–water partition coefficient (Wildman–Crippen LogP) is 3.53. The normalized spacial score (nSPS) is 20.9. The highest BCUT2D eigenvalue weighted by atomic mass is 35.5. The molecule has 1 aromatic rings. The molecule has 0 amide bonds. The molecule has 1 saturated carbocycles. The second-order valence-corrected chi connectivity index (χ2v) is 5.62. The Balaban J connectivity index is 1.99. The van der Waals surface area contributed by atoms with Crippen LogP contribution in [0.2, 0.25) is 5.15 Å². The van der Waals surface area contributed by atoms with Crippen LogP contribution in [0.1, 0.15) is 48.7 Å². The third-order valence-corrected chi connectivity index (χ3v) is 4.55. The van der Waals surface area contributed by atoms with E-state index in [-0.39, 0.29) is 0 Å². The van der Waals surface area contributed by atoms with Gasteiger partial charge in [0.2, 0.25) is 0 Å². The van der Waals surface area contributed by atoms with Crippen molar-refractivity contribution in [3.8, 4) is 0 Å². The Labute approximate surface area is 98.8 Å². The molecule has 0 saturated heterocycles. The second kappa shape index (κ2) is 3.95. The molecule has 1 aromatic heterocycles. The van der Waals surface area contributed by atoms with Gasteiger partial charge >= 0.3 is 0 Å². The van der Waals surface area contributed by atoms with Crippen LogP contribution in [-0.4, -0.2) is 9.97 Å². The minimum Gasteiger partial charge on any atom is -0.236 e. The molecule has 1 aliphatic heterocycles. The van der Waals surface area contributed by atoms with Gasteiger partial charge in [-0.2, -0.15) is 11.8 Å². The molecule has 2 aliphatic rings. The standard InChI is InChI=1S/C11H13ClN2S/c12-10-8-5-15-6-9(8)13-11(14-10)7-3-1-2-4-7/h7H,1-6H2. The van der Waals surface area contributed by atoms with Crippen LogP contribution in [0, 0.1) is 0 Å². The monoisotopic (exact) mass is 240 g/mol. The lowest BCUT2D eigenvalue weighted by molar-refractivity contribution is 0.662. The van der Waals surface area contributed by atoms with Crippen molar-refractivity contribution in [2.24, 2.45) is 0 Å². The van der Waals surface area contributed by atoms with Gasteiger partial charge in [0, 0.05) is 23.0 Å². The summed E-state index contributed by atoms with van der Waals surface area (Å²) in [5.74, 6) is 3.56. The zero-order valence-electron chi connectivity index (χ0n) is 8.50. The van der Waals surface area contributed by atoms with Crippen molar-refractivity contribution in [3.05, 3.63) is 22.2 Å². The number of fused-ring (bicyclic) bond motifs is 1. The highest BCUT2D eigenvalue weighted by Crippen LogP contribution is 2.37. The second-order valence-electron chi connectivity index (χ2n) is 4.27. The Kier molecular flexibility index (Phi) is 2.61. The third kappa shape index (κ3) is 1.76. The Morgan fingerprint density at radius 2 is 1.93 bits per heavy atom. The van der Waals surface area contributed by atoms with Gasteiger partial charge in [0.1, 0.15) is 11.0 Å². The minimum absolute atomic E-state index is 0.568. The van der Waals surface area contributed by atoms with E-state index in [1.807, 2.05) is 11.8 Å². The highest BCUT2D eigenvalue weighted by molar-refractivity contribution is 7.98. The van der Waals surface area contributed by atoms with Crippen molar-refractivity contribution >= 4 is 23.4 Å². The maximum atomic E-state index is 6.19. The van der Waals surface area contributed by atoms with Crippen LogP contribution in [0.15, 0.2) is 0 Å². The zero-order valence-corrected chi connectivity index (χ0v) is 10.1. The number of aromatic nitrogens is 2. The fourth-order valence-corrected chi connectivity index (χ4v) is 3.78. The summed E-state index contributed by atoms with van der Waals surface area (Å²) in [5, 5.41) is 0.701. The molecule has 0 radical (unpaired) electrons. The summed E-state index contributed by atoms with van der Waals surface area (Å²) < 4.78 is 0. The molecule has 0 unspecified atom stereocenters. The lowest BCUT2D eigenvalue weighted by Gasteiger charge is -2.09. The summed E-state index contributed by atoms with van der Waals surface area (Å²) in [6, 6.07) is 0. The average molecular weight is 241 g/mol. The van der Waals surface area contributed by atoms with Gasteiger partial charge in [-0.25, -0.2) is 9.97 Å². The molecule has 1 fully saturated rings. The Hall–Kier alpha value is -0.280. The quantitative estimate of drug-likeness (QED) is 0.703. The van der Waals surface area contributed by atoms with Crippen molar-refractivity contribution in [1.29, 1.82) is 0 Å². The van der Waals surface area contributed by atoms with E-state index in [9.17, 15) is 0 Å². The van der Waals surface area contributed by atoms with Crippen LogP contribution in [0.4, 0.5) is 0 Å². The molecule has 0 spiro atoms. The van der Waals surface area contributed by atoms with Crippen LogP contribution >= 0.6 is 23.4 Å². The minimum atomic E-state index is 0.568. The largest absolute Gasteiger partial charge is 0.236 e. The molecule has 0 N–H and O–H groups in total. The fraction of sp³-hybridized carbons (Fsp3) is 0.636. The van der Waals surface area contributed by atoms with E-state index in [1.54, 1.807) is 0 Å². The molecule has 0 bridgehead atoms. The first kappa shape index (κ1) is 9.91. The first-order valence-electron chi connectivity index (χ1n) is 5.47. The Morgan fingerprint density at radius 1 is 1.13 bits per heavy atom. The highest BCUT2D eigenvalue weighted by Gasteiger charge is 2.24. The van der Waals surface area contributed by atoms with E-state index < -0.39 is 0 Å². The van der Waals surface area contributed by atoms with Gasteiger partial charge in [0.25, 0.3) is 0 Å². The molecule has 0 atom stereocenters. The molecule has 2 heterocycles. The zero-order chi connectivity index (χ0) is 10.3. The van der Waals surface area contributed by atoms with Crippen molar-refractivity contribution in [1.82, 2.24) is 9.97 Å². The Morgan fingerprint density at radius 3 is 2.73 bits per heavy atom. The summed E-state index contributed by atoms with van der Waals surface area (Å²) in [6.45, 7) is 0. The molecule has 15 heavy (non-hydrogen) atoms. The fourth-order valence-electron chi connectivity index (χ4n) is 2.40. The lowest BCUT2D eigenvalue weighted by atomic mass is 10.1. The van der Waals surface area contributed by atoms with Gasteiger partial charge in [-0.15, -0.1) is 0 Å². The van der Waals surface area contributed by atoms with Crippen LogP contribution in [0.3, 0.4) is 0 Å². The smallest absolute Gasteiger partial charge is 0.137 e. The van der Waals surface area contributed by atoms with Gasteiger partial charge in [-0.3, -0.25) is 0 Å². The number of thioether (sulfide) groups is 1. The number of rotatable bonds is 1. The summed E-state index contributed by atoms with van der Waals surface area (Å²) in [7, 11) is 0. The molecular weight excluding hydrogens is 228 g/mol. The van der Waals surface area contributed by atoms with E-state index >= 15 is 0 Å².